The molecule has 1 N–H and O–H groups in total. The van der Waals surface area contributed by atoms with Crippen LogP contribution in [0.25, 0.3) is 0 Å². The SMILES string of the molecule is COc1ccccc1N1C(=O)[C@@H]2[C@@H](c3cc(Br)c(O)c(OC)c3)N(c3ccccc3)O[C@H]2C1=O. The lowest BCUT2D eigenvalue weighted by Gasteiger charge is -2.29. The highest BCUT2D eigenvalue weighted by molar-refractivity contribution is 9.10. The Morgan fingerprint density at radius 1 is 0.912 bits per heavy atom. The second-order valence-electron chi connectivity index (χ2n) is 7.90. The van der Waals surface area contributed by atoms with E-state index in [2.05, 4.69) is 15.9 Å². The molecule has 0 saturated carbocycles. The summed E-state index contributed by atoms with van der Waals surface area (Å²) >= 11 is 3.36. The molecule has 2 aliphatic heterocycles. The van der Waals surface area contributed by atoms with Gasteiger partial charge in [-0.05, 0) is 57.9 Å². The minimum absolute atomic E-state index is 0.0579. The summed E-state index contributed by atoms with van der Waals surface area (Å²) in [5, 5.41) is 11.9. The summed E-state index contributed by atoms with van der Waals surface area (Å²) in [7, 11) is 2.93. The maximum atomic E-state index is 13.8. The van der Waals surface area contributed by atoms with Crippen LogP contribution < -0.4 is 19.4 Å². The van der Waals surface area contributed by atoms with Crippen LogP contribution in [0.5, 0.6) is 17.2 Å². The van der Waals surface area contributed by atoms with Gasteiger partial charge in [0.1, 0.15) is 11.7 Å². The van der Waals surface area contributed by atoms with Crippen molar-refractivity contribution in [3.8, 4) is 17.2 Å². The highest BCUT2D eigenvalue weighted by Crippen LogP contribution is 2.50. The number of hydroxylamine groups is 1. The topological polar surface area (TPSA) is 88.5 Å². The first kappa shape index (κ1) is 22.2. The molecule has 174 valence electrons. The molecule has 0 aliphatic carbocycles. The number of rotatable bonds is 5. The number of methoxy groups -OCH3 is 2. The lowest BCUT2D eigenvalue weighted by Crippen LogP contribution is -2.37. The Morgan fingerprint density at radius 3 is 2.29 bits per heavy atom. The van der Waals surface area contributed by atoms with Gasteiger partial charge >= 0.3 is 0 Å². The Labute approximate surface area is 204 Å². The average molecular weight is 525 g/mol. The molecule has 0 bridgehead atoms. The van der Waals surface area contributed by atoms with Crippen molar-refractivity contribution in [2.45, 2.75) is 12.1 Å². The summed E-state index contributed by atoms with van der Waals surface area (Å²) in [5.41, 5.74) is 1.70. The van der Waals surface area contributed by atoms with Gasteiger partial charge in [0.25, 0.3) is 5.91 Å². The molecule has 3 atom stereocenters. The minimum Gasteiger partial charge on any atom is -0.503 e. The minimum atomic E-state index is -1.03. The highest BCUT2D eigenvalue weighted by atomic mass is 79.9. The number of imide groups is 1. The molecule has 8 nitrogen and oxygen atoms in total. The van der Waals surface area contributed by atoms with E-state index >= 15 is 0 Å². The number of fused-ring (bicyclic) bond motifs is 1. The van der Waals surface area contributed by atoms with Gasteiger partial charge in [-0.25, -0.2) is 9.96 Å². The van der Waals surface area contributed by atoms with Crippen LogP contribution in [0.4, 0.5) is 11.4 Å². The normalized spacial score (nSPS) is 21.7. The summed E-state index contributed by atoms with van der Waals surface area (Å²) in [6.45, 7) is 0. The number of carbonyl (C=O) groups is 2. The van der Waals surface area contributed by atoms with Crippen molar-refractivity contribution in [2.75, 3.05) is 24.2 Å². The van der Waals surface area contributed by atoms with E-state index < -0.39 is 29.9 Å². The third-order valence-corrected chi connectivity index (χ3v) is 6.67. The first-order chi connectivity index (χ1) is 16.5. The van der Waals surface area contributed by atoms with Crippen molar-refractivity contribution >= 4 is 39.1 Å². The highest BCUT2D eigenvalue weighted by Gasteiger charge is 2.60. The molecule has 3 aromatic carbocycles. The first-order valence-corrected chi connectivity index (χ1v) is 11.3. The number of halogens is 1. The standard InChI is InChI=1S/C25H21BrN2O6/c1-32-18-11-7-6-10-17(18)27-24(30)20-21(14-12-16(26)22(29)19(13-14)33-2)28(34-23(20)25(27)31)15-8-4-3-5-9-15/h3-13,20-21,23,29H,1-2H3/t20-,21-,23-/m1/s1. The zero-order valence-electron chi connectivity index (χ0n) is 18.3. The number of para-hydroxylation sites is 3. The number of phenols is 1. The quantitative estimate of drug-likeness (QED) is 0.499. The Balaban J connectivity index is 1.64. The van der Waals surface area contributed by atoms with E-state index in [0.717, 1.165) is 4.90 Å². The largest absolute Gasteiger partial charge is 0.503 e. The van der Waals surface area contributed by atoms with Crippen molar-refractivity contribution in [3.63, 3.8) is 0 Å². The number of anilines is 2. The number of ether oxygens (including phenoxy) is 2. The lowest BCUT2D eigenvalue weighted by atomic mass is 9.90. The number of phenolic OH excluding ortho intramolecular Hbond substituents is 1. The number of amides is 2. The first-order valence-electron chi connectivity index (χ1n) is 10.5. The molecule has 34 heavy (non-hydrogen) atoms. The maximum Gasteiger partial charge on any atom is 0.266 e. The van der Waals surface area contributed by atoms with Gasteiger partial charge in [0.15, 0.2) is 17.6 Å². The molecule has 2 fully saturated rings. The molecule has 2 heterocycles. The van der Waals surface area contributed by atoms with Gasteiger partial charge in [0, 0.05) is 0 Å². The fourth-order valence-electron chi connectivity index (χ4n) is 4.52. The van der Waals surface area contributed by atoms with Crippen molar-refractivity contribution in [2.24, 2.45) is 5.92 Å². The van der Waals surface area contributed by atoms with Gasteiger partial charge in [-0.15, -0.1) is 0 Å². The fraction of sp³-hybridized carbons (Fsp3) is 0.200. The smallest absolute Gasteiger partial charge is 0.266 e. The van der Waals surface area contributed by atoms with E-state index in [0.29, 0.717) is 27.2 Å². The van der Waals surface area contributed by atoms with Crippen LogP contribution in [0.2, 0.25) is 0 Å². The molecular formula is C25H21BrN2O6. The number of nitrogens with zero attached hydrogens (tertiary/aromatic N) is 2. The molecule has 0 unspecified atom stereocenters. The predicted octanol–water partition coefficient (Wildman–Crippen LogP) is 4.22. The molecule has 0 aromatic heterocycles. The van der Waals surface area contributed by atoms with Crippen LogP contribution in [-0.2, 0) is 14.4 Å². The van der Waals surface area contributed by atoms with Crippen molar-refractivity contribution in [1.29, 1.82) is 0 Å². The summed E-state index contributed by atoms with van der Waals surface area (Å²) in [6.07, 6.45) is -1.03. The summed E-state index contributed by atoms with van der Waals surface area (Å²) in [4.78, 5) is 34.6. The van der Waals surface area contributed by atoms with Crippen LogP contribution in [0.15, 0.2) is 71.2 Å². The van der Waals surface area contributed by atoms with Gasteiger partial charge < -0.3 is 14.6 Å². The Kier molecular flexibility index (Phi) is 5.66. The van der Waals surface area contributed by atoms with Crippen molar-refractivity contribution in [3.05, 3.63) is 76.8 Å². The number of aromatic hydroxyl groups is 1. The van der Waals surface area contributed by atoms with Gasteiger partial charge in [0.05, 0.1) is 36.1 Å². The number of hydrogen-bond acceptors (Lipinski definition) is 7. The molecule has 9 heteroatoms. The van der Waals surface area contributed by atoms with Crippen LogP contribution >= 0.6 is 15.9 Å². The van der Waals surface area contributed by atoms with Gasteiger partial charge in [-0.2, -0.15) is 0 Å². The third kappa shape index (κ3) is 3.39. The second kappa shape index (κ2) is 8.66. The molecule has 2 saturated heterocycles. The predicted molar refractivity (Wildman–Crippen MR) is 128 cm³/mol. The molecule has 2 amide bonds. The summed E-state index contributed by atoms with van der Waals surface area (Å²) in [6, 6.07) is 18.8. The van der Waals surface area contributed by atoms with E-state index in [9.17, 15) is 14.7 Å². The molecule has 0 radical (unpaired) electrons. The fourth-order valence-corrected chi connectivity index (χ4v) is 4.98. The number of carbonyl (C=O) groups excluding carboxylic acids is 2. The van der Waals surface area contributed by atoms with E-state index in [-0.39, 0.29) is 11.5 Å². The average Bonchev–Trinajstić information content (AvgIpc) is 3.37. The van der Waals surface area contributed by atoms with E-state index in [1.807, 2.05) is 30.3 Å². The number of benzene rings is 3. The molecule has 0 spiro atoms. The lowest BCUT2D eigenvalue weighted by molar-refractivity contribution is -0.126. The van der Waals surface area contributed by atoms with Crippen LogP contribution in [0.3, 0.4) is 0 Å². The number of hydrogen-bond donors (Lipinski definition) is 1. The zero-order valence-corrected chi connectivity index (χ0v) is 19.9. The molecule has 3 aromatic rings. The van der Waals surface area contributed by atoms with Crippen LogP contribution in [0.1, 0.15) is 11.6 Å². The molecule has 2 aliphatic rings. The molecule has 5 rings (SSSR count). The maximum absolute atomic E-state index is 13.8. The zero-order chi connectivity index (χ0) is 24.0. The van der Waals surface area contributed by atoms with E-state index in [1.54, 1.807) is 41.5 Å². The summed E-state index contributed by atoms with van der Waals surface area (Å²) in [5.74, 6) is -1.11. The Hall–Kier alpha value is -3.56. The van der Waals surface area contributed by atoms with E-state index in [1.165, 1.54) is 14.2 Å². The van der Waals surface area contributed by atoms with Crippen LogP contribution in [0, 0.1) is 5.92 Å². The summed E-state index contributed by atoms with van der Waals surface area (Å²) < 4.78 is 11.1. The monoisotopic (exact) mass is 524 g/mol. The van der Waals surface area contributed by atoms with Gasteiger partial charge in [-0.1, -0.05) is 30.3 Å². The van der Waals surface area contributed by atoms with Crippen molar-refractivity contribution < 1.29 is 29.0 Å². The molecular weight excluding hydrogens is 504 g/mol. The third-order valence-electron chi connectivity index (χ3n) is 6.06. The van der Waals surface area contributed by atoms with Crippen LogP contribution in [-0.4, -0.2) is 37.2 Å². The van der Waals surface area contributed by atoms with E-state index in [4.69, 9.17) is 14.3 Å². The Morgan fingerprint density at radius 2 is 1.59 bits per heavy atom. The van der Waals surface area contributed by atoms with Gasteiger partial charge in [0.2, 0.25) is 5.91 Å². The van der Waals surface area contributed by atoms with Gasteiger partial charge in [-0.3, -0.25) is 14.4 Å². The van der Waals surface area contributed by atoms with Crippen molar-refractivity contribution in [1.82, 2.24) is 0 Å². The Bertz CT molecular complexity index is 1270. The second-order valence-corrected chi connectivity index (χ2v) is 8.75.